The average molecular weight is 621 g/mol. The number of rotatable bonds is 17. The van der Waals surface area contributed by atoms with Crippen molar-refractivity contribution in [1.82, 2.24) is 0 Å². The van der Waals surface area contributed by atoms with Crippen molar-refractivity contribution < 1.29 is 28.8 Å². The van der Waals surface area contributed by atoms with Gasteiger partial charge in [-0.2, -0.15) is 0 Å². The molecule has 0 bridgehead atoms. The first kappa shape index (κ1) is 34.4. The lowest BCUT2D eigenvalue weighted by molar-refractivity contribution is -0.0759. The zero-order chi connectivity index (χ0) is 31.8. The first-order valence-electron chi connectivity index (χ1n) is 15.9. The Hall–Kier alpha value is -2.52. The van der Waals surface area contributed by atoms with Crippen LogP contribution in [0.5, 0.6) is 5.75 Å². The van der Waals surface area contributed by atoms with Crippen molar-refractivity contribution in [2.45, 2.75) is 102 Å². The molecule has 0 radical (unpaired) electrons. The Morgan fingerprint density at radius 1 is 0.818 bits per heavy atom. The van der Waals surface area contributed by atoms with Crippen molar-refractivity contribution in [3.8, 4) is 5.75 Å². The van der Waals surface area contributed by atoms with E-state index in [2.05, 4.69) is 88.4 Å². The highest BCUT2D eigenvalue weighted by Gasteiger charge is 2.50. The molecule has 0 amide bonds. The van der Waals surface area contributed by atoms with Crippen LogP contribution in [0.1, 0.15) is 72.3 Å². The summed E-state index contributed by atoms with van der Waals surface area (Å²) in [7, 11) is -1.04. The highest BCUT2D eigenvalue weighted by molar-refractivity contribution is 6.99. The van der Waals surface area contributed by atoms with Gasteiger partial charge in [0.2, 0.25) is 0 Å². The third-order valence-electron chi connectivity index (χ3n) is 9.13. The molecule has 1 aliphatic heterocycles. The van der Waals surface area contributed by atoms with Crippen molar-refractivity contribution >= 4 is 18.7 Å². The van der Waals surface area contributed by atoms with Gasteiger partial charge >= 0.3 is 0 Å². The van der Waals surface area contributed by atoms with Gasteiger partial charge in [0.25, 0.3) is 8.32 Å². The molecule has 0 aromatic heterocycles. The molecule has 44 heavy (non-hydrogen) atoms. The van der Waals surface area contributed by atoms with E-state index in [1.165, 1.54) is 10.4 Å². The molecule has 3 aromatic carbocycles. The van der Waals surface area contributed by atoms with Gasteiger partial charge in [0.15, 0.2) is 0 Å². The summed E-state index contributed by atoms with van der Waals surface area (Å²) in [5, 5.41) is 24.0. The fraction of sp³-hybridized carbons (Fsp3) is 0.514. The number of hydrogen-bond donors (Lipinski definition) is 2. The van der Waals surface area contributed by atoms with E-state index in [1.54, 1.807) is 7.11 Å². The number of hydrogen-bond acceptors (Lipinski definition) is 6. The van der Waals surface area contributed by atoms with Crippen molar-refractivity contribution in [3.05, 3.63) is 90.5 Å². The molecule has 1 saturated heterocycles. The number of aliphatic hydroxyl groups excluding tert-OH is 2. The number of benzene rings is 3. The van der Waals surface area contributed by atoms with Gasteiger partial charge in [-0.05, 0) is 79.1 Å². The van der Waals surface area contributed by atoms with Crippen LogP contribution in [-0.4, -0.2) is 62.3 Å². The summed E-state index contributed by atoms with van der Waals surface area (Å²) in [5.41, 5.74) is 0.315. The van der Waals surface area contributed by atoms with Gasteiger partial charge in [-0.15, -0.1) is 0 Å². The Morgan fingerprint density at radius 3 is 1.86 bits per heavy atom. The molecular weight excluding hydrogens is 568 g/mol. The number of aliphatic hydroxyl groups is 2. The molecule has 0 aliphatic carbocycles. The maximum Gasteiger partial charge on any atom is 0.261 e. The highest BCUT2D eigenvalue weighted by atomic mass is 28.4. The number of methoxy groups -OCH3 is 1. The van der Waals surface area contributed by atoms with Crippen LogP contribution in [0.25, 0.3) is 0 Å². The Labute approximate surface area is 265 Å². The maximum atomic E-state index is 10.9. The summed E-state index contributed by atoms with van der Waals surface area (Å²) in [6, 6.07) is 29.2. The van der Waals surface area contributed by atoms with Crippen LogP contribution in [0.15, 0.2) is 84.9 Å². The second-order valence-corrected chi connectivity index (χ2v) is 18.1. The Bertz CT molecular complexity index is 1230. The zero-order valence-corrected chi connectivity index (χ0v) is 28.4. The molecule has 4 rings (SSSR count). The zero-order valence-electron chi connectivity index (χ0n) is 27.4. The van der Waals surface area contributed by atoms with Gasteiger partial charge in [0.05, 0.1) is 43.7 Å². The van der Waals surface area contributed by atoms with E-state index in [0.717, 1.165) is 24.3 Å². The predicted octanol–water partition coefficient (Wildman–Crippen LogP) is 6.01. The van der Waals surface area contributed by atoms with Gasteiger partial charge in [0.1, 0.15) is 5.75 Å². The van der Waals surface area contributed by atoms with Crippen molar-refractivity contribution in [1.29, 1.82) is 0 Å². The summed E-state index contributed by atoms with van der Waals surface area (Å²) in [5.74, 6) is 0.804. The van der Waals surface area contributed by atoms with E-state index >= 15 is 0 Å². The average Bonchev–Trinajstić information content (AvgIpc) is 3.77. The molecule has 0 saturated carbocycles. The van der Waals surface area contributed by atoms with E-state index in [0.29, 0.717) is 38.9 Å². The number of ether oxygens (including phenoxy) is 3. The van der Waals surface area contributed by atoms with Gasteiger partial charge in [0, 0.05) is 6.61 Å². The van der Waals surface area contributed by atoms with Gasteiger partial charge in [-0.3, -0.25) is 0 Å². The summed E-state index contributed by atoms with van der Waals surface area (Å²) in [4.78, 5) is 0. The molecule has 1 fully saturated rings. The third kappa shape index (κ3) is 8.80. The van der Waals surface area contributed by atoms with Crippen LogP contribution >= 0.6 is 0 Å². The largest absolute Gasteiger partial charge is 0.497 e. The molecule has 240 valence electrons. The summed E-state index contributed by atoms with van der Waals surface area (Å²) >= 11 is 0. The van der Waals surface area contributed by atoms with Crippen LogP contribution in [0.2, 0.25) is 5.04 Å². The molecule has 6 nitrogen and oxygen atoms in total. The molecule has 0 spiro atoms. The molecule has 1 aliphatic rings. The van der Waals surface area contributed by atoms with Crippen molar-refractivity contribution in [2.24, 2.45) is 0 Å². The van der Waals surface area contributed by atoms with Gasteiger partial charge < -0.3 is 28.8 Å². The summed E-state index contributed by atoms with van der Waals surface area (Å²) in [6.07, 6.45) is 1.27. The lowest BCUT2D eigenvalue weighted by Gasteiger charge is -2.44. The van der Waals surface area contributed by atoms with Gasteiger partial charge in [-0.1, -0.05) is 93.6 Å². The van der Waals surface area contributed by atoms with E-state index in [9.17, 15) is 10.2 Å². The minimum atomic E-state index is -2.70. The standard InChI is InChI=1S/C37H52O6Si/c1-35(2,3)44(31-13-9-7-10-14-31,32-15-11-8-12-16-32)43-26-25-36(4,41-27-29-17-19-30(40-6)20-18-29)23-21-33(38)34(39)22-24-37(5)28-42-37/h7-20,33-34,38-39H,21-28H2,1-6H3/t33-,34-,36+,37+/m1/s1. The van der Waals surface area contributed by atoms with Crippen LogP contribution in [0.3, 0.4) is 0 Å². The third-order valence-corrected chi connectivity index (χ3v) is 14.2. The fourth-order valence-electron chi connectivity index (χ4n) is 5.99. The summed E-state index contributed by atoms with van der Waals surface area (Å²) < 4.78 is 24.6. The molecule has 0 unspecified atom stereocenters. The molecular formula is C37H52O6Si. The van der Waals surface area contributed by atoms with Crippen LogP contribution in [-0.2, 0) is 20.5 Å². The SMILES string of the molecule is COc1ccc(CO[C@](C)(CCO[Si](c2ccccc2)(c2ccccc2)C(C)(C)C)CC[C@@H](O)[C@H](O)CC[C@@]2(C)CO2)cc1. The Balaban J connectivity index is 1.52. The van der Waals surface area contributed by atoms with E-state index in [-0.39, 0.29) is 10.6 Å². The monoisotopic (exact) mass is 620 g/mol. The van der Waals surface area contributed by atoms with Crippen LogP contribution in [0, 0.1) is 0 Å². The molecule has 4 atom stereocenters. The highest BCUT2D eigenvalue weighted by Crippen LogP contribution is 2.38. The number of epoxide rings is 1. The fourth-order valence-corrected chi connectivity index (χ4v) is 10.6. The minimum absolute atomic E-state index is 0.127. The first-order chi connectivity index (χ1) is 20.9. The van der Waals surface area contributed by atoms with Crippen molar-refractivity contribution in [3.63, 3.8) is 0 Å². The first-order valence-corrected chi connectivity index (χ1v) is 17.8. The lowest BCUT2D eigenvalue weighted by atomic mass is 9.91. The lowest BCUT2D eigenvalue weighted by Crippen LogP contribution is -2.66. The predicted molar refractivity (Wildman–Crippen MR) is 179 cm³/mol. The molecule has 2 N–H and O–H groups in total. The second-order valence-electron chi connectivity index (χ2n) is 13.8. The molecule has 7 heteroatoms. The maximum absolute atomic E-state index is 10.9. The quantitative estimate of drug-likeness (QED) is 0.142. The molecule has 3 aromatic rings. The summed E-state index contributed by atoms with van der Waals surface area (Å²) in [6.45, 7) is 12.6. The van der Waals surface area contributed by atoms with Crippen LogP contribution in [0.4, 0.5) is 0 Å². The topological polar surface area (TPSA) is 80.7 Å². The van der Waals surface area contributed by atoms with E-state index < -0.39 is 26.1 Å². The molecule has 1 heterocycles. The van der Waals surface area contributed by atoms with E-state index in [1.807, 2.05) is 31.2 Å². The Kier molecular flexibility index (Phi) is 11.5. The van der Waals surface area contributed by atoms with Crippen molar-refractivity contribution in [2.75, 3.05) is 20.3 Å². The Morgan fingerprint density at radius 2 is 1.36 bits per heavy atom. The van der Waals surface area contributed by atoms with Gasteiger partial charge in [-0.25, -0.2) is 0 Å². The normalized spacial score (nSPS) is 19.6. The second kappa shape index (κ2) is 14.7. The van der Waals surface area contributed by atoms with E-state index in [4.69, 9.17) is 18.6 Å². The smallest absolute Gasteiger partial charge is 0.261 e. The minimum Gasteiger partial charge on any atom is -0.497 e. The van der Waals surface area contributed by atoms with Crippen LogP contribution < -0.4 is 15.1 Å².